The summed E-state index contributed by atoms with van der Waals surface area (Å²) in [5, 5.41) is 8.03. The molecule has 0 radical (unpaired) electrons. The summed E-state index contributed by atoms with van der Waals surface area (Å²) in [6.45, 7) is 4.34. The van der Waals surface area contributed by atoms with E-state index in [1.165, 1.54) is 24.1 Å². The van der Waals surface area contributed by atoms with Gasteiger partial charge in [0.15, 0.2) is 0 Å². The van der Waals surface area contributed by atoms with Crippen molar-refractivity contribution in [2.45, 2.75) is 32.6 Å². The number of pyridine rings is 2. The minimum atomic E-state index is 0.442. The van der Waals surface area contributed by atoms with Crippen LogP contribution >= 0.6 is 0 Å². The van der Waals surface area contributed by atoms with E-state index in [2.05, 4.69) is 58.4 Å². The Morgan fingerprint density at radius 3 is 2.86 bits per heavy atom. The molecule has 0 unspecified atom stereocenters. The average Bonchev–Trinajstić information content (AvgIpc) is 3.49. The number of hydrogen-bond acceptors (Lipinski definition) is 6. The highest BCUT2D eigenvalue weighted by Gasteiger charge is 2.29. The lowest BCUT2D eigenvalue weighted by molar-refractivity contribution is 0.677. The van der Waals surface area contributed by atoms with Gasteiger partial charge in [0.1, 0.15) is 11.6 Å². The first-order valence-electron chi connectivity index (χ1n) is 10.1. The van der Waals surface area contributed by atoms with Gasteiger partial charge in [-0.05, 0) is 48.6 Å². The maximum atomic E-state index is 4.79. The van der Waals surface area contributed by atoms with Gasteiger partial charge in [-0.3, -0.25) is 15.1 Å². The molecule has 1 fully saturated rings. The molecule has 3 aromatic rings. The summed E-state index contributed by atoms with van der Waals surface area (Å²) in [6.07, 6.45) is 10.5. The average molecular weight is 387 g/mol. The Hall–Kier alpha value is -3.35. The second-order valence-electron chi connectivity index (χ2n) is 8.09. The number of aromatic nitrogens is 4. The number of aryl methyl sites for hydroxylation is 1. The van der Waals surface area contributed by atoms with Gasteiger partial charge < -0.3 is 10.7 Å². The van der Waals surface area contributed by atoms with Gasteiger partial charge in [0.2, 0.25) is 0 Å². The number of fused-ring (bicyclic) bond motifs is 1. The summed E-state index contributed by atoms with van der Waals surface area (Å²) in [4.78, 5) is 9.43. The van der Waals surface area contributed by atoms with Gasteiger partial charge in [-0.25, -0.2) is 4.98 Å². The smallest absolute Gasteiger partial charge is 0.132 e. The predicted molar refractivity (Wildman–Crippen MR) is 115 cm³/mol. The van der Waals surface area contributed by atoms with Crippen LogP contribution in [0.5, 0.6) is 0 Å². The highest BCUT2D eigenvalue weighted by Crippen LogP contribution is 2.43. The van der Waals surface area contributed by atoms with Crippen LogP contribution in [0.3, 0.4) is 0 Å². The Balaban J connectivity index is 1.47. The van der Waals surface area contributed by atoms with Crippen molar-refractivity contribution in [2.75, 3.05) is 5.32 Å². The largest absolute Gasteiger partial charge is 0.325 e. The topological polar surface area (TPSA) is 79.7 Å². The van der Waals surface area contributed by atoms with Crippen molar-refractivity contribution >= 4 is 16.9 Å². The third-order valence-electron chi connectivity index (χ3n) is 5.36. The molecule has 3 N–H and O–H groups in total. The van der Waals surface area contributed by atoms with Gasteiger partial charge in [0, 0.05) is 42.7 Å². The van der Waals surface area contributed by atoms with Crippen molar-refractivity contribution in [2.24, 2.45) is 13.0 Å². The SMILES string of the molecule is CC(C)C1=CNNC(Nc2ccc3ncc(-c4cn(C)nc4C4CC4)cc3n2)=C1. The van der Waals surface area contributed by atoms with Gasteiger partial charge in [-0.1, -0.05) is 13.8 Å². The zero-order valence-electron chi connectivity index (χ0n) is 16.9. The predicted octanol–water partition coefficient (Wildman–Crippen LogP) is 3.81. The van der Waals surface area contributed by atoms with E-state index < -0.39 is 0 Å². The molecule has 2 aliphatic rings. The highest BCUT2D eigenvalue weighted by atomic mass is 15.4. The van der Waals surface area contributed by atoms with Crippen LogP contribution in [0.4, 0.5) is 5.82 Å². The van der Waals surface area contributed by atoms with E-state index in [9.17, 15) is 0 Å². The lowest BCUT2D eigenvalue weighted by Crippen LogP contribution is -2.33. The first-order valence-corrected chi connectivity index (χ1v) is 10.1. The van der Waals surface area contributed by atoms with Crippen LogP contribution < -0.4 is 16.2 Å². The van der Waals surface area contributed by atoms with E-state index in [4.69, 9.17) is 4.98 Å². The molecular weight excluding hydrogens is 362 g/mol. The fraction of sp³-hybridized carbons (Fsp3) is 0.318. The summed E-state index contributed by atoms with van der Waals surface area (Å²) in [7, 11) is 1.98. The molecule has 4 heterocycles. The van der Waals surface area contributed by atoms with E-state index in [1.54, 1.807) is 0 Å². The number of hydrazine groups is 1. The third kappa shape index (κ3) is 3.55. The molecule has 0 aromatic carbocycles. The van der Waals surface area contributed by atoms with Crippen LogP contribution in [0.15, 0.2) is 54.3 Å². The quantitative estimate of drug-likeness (QED) is 0.618. The van der Waals surface area contributed by atoms with Crippen molar-refractivity contribution in [3.05, 3.63) is 60.0 Å². The zero-order valence-corrected chi connectivity index (χ0v) is 16.9. The first-order chi connectivity index (χ1) is 14.1. The van der Waals surface area contributed by atoms with E-state index in [1.807, 2.05) is 36.3 Å². The molecule has 0 spiro atoms. The van der Waals surface area contributed by atoms with Crippen molar-refractivity contribution in [3.63, 3.8) is 0 Å². The number of allylic oxidation sites excluding steroid dienone is 2. The summed E-state index contributed by atoms with van der Waals surface area (Å²) in [6, 6.07) is 6.05. The molecular formula is C22H25N7. The van der Waals surface area contributed by atoms with Gasteiger partial charge in [-0.2, -0.15) is 5.10 Å². The number of anilines is 1. The minimum Gasteiger partial charge on any atom is -0.325 e. The van der Waals surface area contributed by atoms with E-state index in [0.29, 0.717) is 11.8 Å². The third-order valence-corrected chi connectivity index (χ3v) is 5.36. The summed E-state index contributed by atoms with van der Waals surface area (Å²) in [5.41, 5.74) is 12.6. The van der Waals surface area contributed by atoms with Crippen molar-refractivity contribution in [3.8, 4) is 11.1 Å². The normalized spacial score (nSPS) is 16.3. The van der Waals surface area contributed by atoms with Gasteiger partial charge in [-0.15, -0.1) is 0 Å². The van der Waals surface area contributed by atoms with Crippen molar-refractivity contribution in [1.29, 1.82) is 0 Å². The number of nitrogens with one attached hydrogen (secondary N) is 3. The van der Waals surface area contributed by atoms with Crippen molar-refractivity contribution < 1.29 is 0 Å². The Bertz CT molecular complexity index is 1140. The molecule has 5 rings (SSSR count). The maximum Gasteiger partial charge on any atom is 0.132 e. The lowest BCUT2D eigenvalue weighted by Gasteiger charge is -2.20. The minimum absolute atomic E-state index is 0.442. The fourth-order valence-corrected chi connectivity index (χ4v) is 3.59. The van der Waals surface area contributed by atoms with Crippen LogP contribution in [0.25, 0.3) is 22.2 Å². The monoisotopic (exact) mass is 387 g/mol. The summed E-state index contributed by atoms with van der Waals surface area (Å²) < 4.78 is 1.90. The Morgan fingerprint density at radius 2 is 2.07 bits per heavy atom. The lowest BCUT2D eigenvalue weighted by atomic mass is 10.0. The molecule has 3 aromatic heterocycles. The molecule has 0 amide bonds. The summed E-state index contributed by atoms with van der Waals surface area (Å²) in [5.74, 6) is 2.67. The standard InChI is InChI=1S/C22H25N7/c1-13(2)15-9-21(27-24-11-15)26-20-7-6-18-19(25-20)8-16(10-23-18)17-12-29(3)28-22(17)14-4-5-14/h6-14,24,27H,4-5H2,1-3H3,(H,25,26). The number of nitrogens with zero attached hydrogens (tertiary/aromatic N) is 4. The van der Waals surface area contributed by atoms with Crippen molar-refractivity contribution in [1.82, 2.24) is 30.6 Å². The van der Waals surface area contributed by atoms with Crippen LogP contribution in [-0.4, -0.2) is 19.7 Å². The molecule has 148 valence electrons. The molecule has 0 bridgehead atoms. The van der Waals surface area contributed by atoms with Crippen LogP contribution in [0.2, 0.25) is 0 Å². The highest BCUT2D eigenvalue weighted by molar-refractivity contribution is 5.82. The molecule has 1 aliphatic carbocycles. The van der Waals surface area contributed by atoms with Gasteiger partial charge in [0.05, 0.1) is 16.7 Å². The fourth-order valence-electron chi connectivity index (χ4n) is 3.59. The Kier molecular flexibility index (Phi) is 4.23. The second-order valence-corrected chi connectivity index (χ2v) is 8.09. The number of rotatable bonds is 5. The Morgan fingerprint density at radius 1 is 1.21 bits per heavy atom. The molecule has 1 saturated carbocycles. The van der Waals surface area contributed by atoms with Crippen LogP contribution in [-0.2, 0) is 7.05 Å². The van der Waals surface area contributed by atoms with Gasteiger partial charge in [0.25, 0.3) is 0 Å². The molecule has 29 heavy (non-hydrogen) atoms. The van der Waals surface area contributed by atoms with Gasteiger partial charge >= 0.3 is 0 Å². The van der Waals surface area contributed by atoms with Crippen LogP contribution in [0, 0.1) is 5.92 Å². The van der Waals surface area contributed by atoms with E-state index >= 15 is 0 Å². The molecule has 7 heteroatoms. The number of hydrogen-bond donors (Lipinski definition) is 3. The molecule has 7 nitrogen and oxygen atoms in total. The molecule has 0 saturated heterocycles. The summed E-state index contributed by atoms with van der Waals surface area (Å²) >= 11 is 0. The first kappa shape index (κ1) is 17.7. The Labute approximate surface area is 169 Å². The maximum absolute atomic E-state index is 4.79. The zero-order chi connectivity index (χ0) is 20.0. The molecule has 0 atom stereocenters. The molecule has 1 aliphatic heterocycles. The van der Waals surface area contributed by atoms with Crippen LogP contribution in [0.1, 0.15) is 38.3 Å². The van der Waals surface area contributed by atoms with E-state index in [0.717, 1.165) is 33.8 Å². The second kappa shape index (κ2) is 6.92. The van der Waals surface area contributed by atoms with E-state index in [-0.39, 0.29) is 0 Å².